The largest absolute Gasteiger partial charge is 0.507 e. The van der Waals surface area contributed by atoms with Gasteiger partial charge in [0.1, 0.15) is 11.5 Å². The zero-order chi connectivity index (χ0) is 29.0. The zero-order valence-electron chi connectivity index (χ0n) is 24.6. The molecule has 1 aliphatic heterocycles. The maximum atomic E-state index is 13.5. The Morgan fingerprint density at radius 3 is 2.23 bits per heavy atom. The number of aryl methyl sites for hydroxylation is 2. The van der Waals surface area contributed by atoms with Crippen LogP contribution in [0.3, 0.4) is 0 Å². The molecule has 5 nitrogen and oxygen atoms in total. The summed E-state index contributed by atoms with van der Waals surface area (Å²) in [6.07, 6.45) is 3.21. The van der Waals surface area contributed by atoms with Crippen molar-refractivity contribution in [1.82, 2.24) is 4.90 Å². The van der Waals surface area contributed by atoms with Gasteiger partial charge in [-0.25, -0.2) is 0 Å². The Bertz CT molecular complexity index is 1390. The molecule has 0 radical (unpaired) electrons. The van der Waals surface area contributed by atoms with Crippen molar-refractivity contribution in [1.29, 1.82) is 0 Å². The highest BCUT2D eigenvalue weighted by Crippen LogP contribution is 2.41. The van der Waals surface area contributed by atoms with Crippen LogP contribution in [0, 0.1) is 13.8 Å². The van der Waals surface area contributed by atoms with Crippen LogP contribution in [0.4, 0.5) is 0 Å². The molecule has 3 aromatic rings. The minimum atomic E-state index is -0.709. The standard InChI is InChI=1S/C35H41NO4/c1-7-8-9-20-40-29-18-14-26(15-19-29)32(37)30-31(25-12-16-28(17-13-25)35(4,5)6)36(34(39)33(30)38)22-27-21-23(2)10-11-24(27)3/h10-19,21,31,37H,7-9,20,22H2,1-6H3/b32-30-. The van der Waals surface area contributed by atoms with Gasteiger partial charge in [0.25, 0.3) is 11.7 Å². The summed E-state index contributed by atoms with van der Waals surface area (Å²) in [4.78, 5) is 28.6. The van der Waals surface area contributed by atoms with Gasteiger partial charge < -0.3 is 14.7 Å². The van der Waals surface area contributed by atoms with Crippen LogP contribution in [-0.2, 0) is 21.5 Å². The van der Waals surface area contributed by atoms with E-state index >= 15 is 0 Å². The first-order valence-corrected chi connectivity index (χ1v) is 14.2. The summed E-state index contributed by atoms with van der Waals surface area (Å²) in [5.41, 5.74) is 5.58. The lowest BCUT2D eigenvalue weighted by atomic mass is 9.85. The van der Waals surface area contributed by atoms with E-state index in [1.54, 1.807) is 29.2 Å². The number of unbranched alkanes of at least 4 members (excludes halogenated alkanes) is 2. The number of rotatable bonds is 9. The summed E-state index contributed by atoms with van der Waals surface area (Å²) in [6, 6.07) is 20.5. The average Bonchev–Trinajstić information content (AvgIpc) is 3.17. The van der Waals surface area contributed by atoms with E-state index in [0.717, 1.165) is 47.1 Å². The molecule has 3 aromatic carbocycles. The third-order valence-electron chi connectivity index (χ3n) is 7.62. The zero-order valence-corrected chi connectivity index (χ0v) is 24.6. The molecule has 1 unspecified atom stereocenters. The molecule has 1 fully saturated rings. The Hall–Kier alpha value is -3.86. The minimum absolute atomic E-state index is 0.0423. The fourth-order valence-electron chi connectivity index (χ4n) is 5.12. The molecule has 1 heterocycles. The van der Waals surface area contributed by atoms with Crippen molar-refractivity contribution in [3.8, 4) is 5.75 Å². The Kier molecular flexibility index (Phi) is 8.82. The number of likely N-dealkylation sites (tertiary alicyclic amines) is 1. The number of Topliss-reactive ketones (excluding diaryl/α,β-unsaturated/α-hetero) is 1. The van der Waals surface area contributed by atoms with Gasteiger partial charge in [-0.05, 0) is 72.2 Å². The second-order valence-corrected chi connectivity index (χ2v) is 11.8. The minimum Gasteiger partial charge on any atom is -0.507 e. The van der Waals surface area contributed by atoms with Crippen molar-refractivity contribution in [2.24, 2.45) is 0 Å². The second-order valence-electron chi connectivity index (χ2n) is 11.8. The van der Waals surface area contributed by atoms with E-state index < -0.39 is 17.7 Å². The third kappa shape index (κ3) is 6.30. The van der Waals surface area contributed by atoms with Crippen molar-refractivity contribution < 1.29 is 19.4 Å². The summed E-state index contributed by atoms with van der Waals surface area (Å²) in [7, 11) is 0. The normalized spacial score (nSPS) is 16.9. The van der Waals surface area contributed by atoms with E-state index in [2.05, 4.69) is 27.7 Å². The maximum absolute atomic E-state index is 13.5. The molecule has 210 valence electrons. The van der Waals surface area contributed by atoms with Gasteiger partial charge in [0.05, 0.1) is 18.2 Å². The highest BCUT2D eigenvalue weighted by Gasteiger charge is 2.46. The first-order chi connectivity index (χ1) is 19.0. The highest BCUT2D eigenvalue weighted by molar-refractivity contribution is 6.46. The summed E-state index contributed by atoms with van der Waals surface area (Å²) in [5, 5.41) is 11.5. The van der Waals surface area contributed by atoms with E-state index in [1.807, 2.05) is 56.3 Å². The lowest BCUT2D eigenvalue weighted by Gasteiger charge is -2.27. The molecular formula is C35H41NO4. The second kappa shape index (κ2) is 12.1. The van der Waals surface area contributed by atoms with Gasteiger partial charge in [-0.3, -0.25) is 9.59 Å². The number of aliphatic hydroxyl groups is 1. The number of aliphatic hydroxyl groups excluding tert-OH is 1. The van der Waals surface area contributed by atoms with Gasteiger partial charge in [0.15, 0.2) is 0 Å². The Labute approximate surface area is 238 Å². The Morgan fingerprint density at radius 1 is 0.925 bits per heavy atom. The maximum Gasteiger partial charge on any atom is 0.295 e. The summed E-state index contributed by atoms with van der Waals surface area (Å²) >= 11 is 0. The first-order valence-electron chi connectivity index (χ1n) is 14.2. The van der Waals surface area contributed by atoms with Crippen molar-refractivity contribution in [3.63, 3.8) is 0 Å². The molecule has 0 saturated carbocycles. The lowest BCUT2D eigenvalue weighted by Crippen LogP contribution is -2.29. The number of ether oxygens (including phenoxy) is 1. The number of carbonyl (C=O) groups excluding carboxylic acids is 2. The molecule has 1 amide bonds. The van der Waals surface area contributed by atoms with Crippen molar-refractivity contribution in [2.75, 3.05) is 6.61 Å². The predicted octanol–water partition coefficient (Wildman–Crippen LogP) is 7.79. The number of hydrogen-bond donors (Lipinski definition) is 1. The fourth-order valence-corrected chi connectivity index (χ4v) is 5.12. The summed E-state index contributed by atoms with van der Waals surface area (Å²) in [5.74, 6) is -0.752. The van der Waals surface area contributed by atoms with E-state index in [4.69, 9.17) is 4.74 Å². The number of amides is 1. The molecular weight excluding hydrogens is 498 g/mol. The molecule has 1 N–H and O–H groups in total. The van der Waals surface area contributed by atoms with Crippen LogP contribution in [0.25, 0.3) is 5.76 Å². The van der Waals surface area contributed by atoms with Crippen LogP contribution in [0.5, 0.6) is 5.75 Å². The van der Waals surface area contributed by atoms with Crippen LogP contribution in [0.1, 0.15) is 86.4 Å². The van der Waals surface area contributed by atoms with E-state index in [9.17, 15) is 14.7 Å². The number of nitrogens with zero attached hydrogens (tertiary/aromatic N) is 1. The predicted molar refractivity (Wildman–Crippen MR) is 160 cm³/mol. The summed E-state index contributed by atoms with van der Waals surface area (Å²) in [6.45, 7) is 13.5. The van der Waals surface area contributed by atoms with Crippen LogP contribution in [-0.4, -0.2) is 28.3 Å². The third-order valence-corrected chi connectivity index (χ3v) is 7.62. The molecule has 4 rings (SSSR count). The van der Waals surface area contributed by atoms with Crippen LogP contribution in [0.2, 0.25) is 0 Å². The van der Waals surface area contributed by atoms with E-state index in [1.165, 1.54) is 0 Å². The van der Waals surface area contributed by atoms with Gasteiger partial charge in [-0.15, -0.1) is 0 Å². The molecule has 0 aromatic heterocycles. The van der Waals surface area contributed by atoms with Crippen LogP contribution in [0.15, 0.2) is 72.3 Å². The molecule has 1 saturated heterocycles. The van der Waals surface area contributed by atoms with E-state index in [-0.39, 0.29) is 23.3 Å². The number of benzene rings is 3. The lowest BCUT2D eigenvalue weighted by molar-refractivity contribution is -0.140. The Morgan fingerprint density at radius 2 is 1.60 bits per heavy atom. The topological polar surface area (TPSA) is 66.8 Å². The molecule has 1 atom stereocenters. The van der Waals surface area contributed by atoms with Gasteiger partial charge in [-0.1, -0.05) is 88.6 Å². The SMILES string of the molecule is CCCCCOc1ccc(/C(O)=C2/C(=O)C(=O)N(Cc3cc(C)ccc3C)C2c2ccc(C(C)(C)C)cc2)cc1. The molecule has 40 heavy (non-hydrogen) atoms. The van der Waals surface area contributed by atoms with Crippen molar-refractivity contribution in [3.05, 3.63) is 106 Å². The number of hydrogen-bond acceptors (Lipinski definition) is 4. The van der Waals surface area contributed by atoms with Gasteiger partial charge >= 0.3 is 0 Å². The fraction of sp³-hybridized carbons (Fsp3) is 0.371. The highest BCUT2D eigenvalue weighted by atomic mass is 16.5. The first kappa shape index (κ1) is 29.1. The molecule has 0 spiro atoms. The molecule has 0 aliphatic carbocycles. The quantitative estimate of drug-likeness (QED) is 0.130. The number of carbonyl (C=O) groups is 2. The van der Waals surface area contributed by atoms with Crippen molar-refractivity contribution in [2.45, 2.75) is 78.8 Å². The van der Waals surface area contributed by atoms with Crippen LogP contribution < -0.4 is 4.74 Å². The smallest absolute Gasteiger partial charge is 0.295 e. The van der Waals surface area contributed by atoms with Gasteiger partial charge in [0.2, 0.25) is 0 Å². The van der Waals surface area contributed by atoms with Crippen molar-refractivity contribution >= 4 is 17.4 Å². The van der Waals surface area contributed by atoms with Crippen LogP contribution >= 0.6 is 0 Å². The molecule has 5 heteroatoms. The monoisotopic (exact) mass is 539 g/mol. The number of ketones is 1. The van der Waals surface area contributed by atoms with Gasteiger partial charge in [0, 0.05) is 12.1 Å². The Balaban J connectivity index is 1.75. The molecule has 0 bridgehead atoms. The van der Waals surface area contributed by atoms with Gasteiger partial charge in [-0.2, -0.15) is 0 Å². The van der Waals surface area contributed by atoms with E-state index in [0.29, 0.717) is 17.9 Å². The average molecular weight is 540 g/mol. The molecule has 1 aliphatic rings. The summed E-state index contributed by atoms with van der Waals surface area (Å²) < 4.78 is 5.81.